The molecule has 1 aliphatic rings. The summed E-state index contributed by atoms with van der Waals surface area (Å²) < 4.78 is 34.5. The molecule has 0 saturated carbocycles. The van der Waals surface area contributed by atoms with Crippen LogP contribution in [0.15, 0.2) is 57.1 Å². The Morgan fingerprint density at radius 3 is 2.44 bits per heavy atom. The third-order valence-corrected chi connectivity index (χ3v) is 8.21. The van der Waals surface area contributed by atoms with Crippen LogP contribution in [0.25, 0.3) is 11.6 Å². The summed E-state index contributed by atoms with van der Waals surface area (Å²) in [6.07, 6.45) is 1.58. The van der Waals surface area contributed by atoms with Crippen LogP contribution in [0.5, 0.6) is 0 Å². The van der Waals surface area contributed by atoms with Crippen molar-refractivity contribution in [2.24, 2.45) is 0 Å². The lowest BCUT2D eigenvalue weighted by Crippen LogP contribution is -2.50. The zero-order valence-corrected chi connectivity index (χ0v) is 19.6. The van der Waals surface area contributed by atoms with Gasteiger partial charge >= 0.3 is 0 Å². The van der Waals surface area contributed by atoms with E-state index < -0.39 is 10.0 Å². The molecule has 3 aromatic rings. The van der Waals surface area contributed by atoms with Gasteiger partial charge < -0.3 is 9.32 Å². The van der Waals surface area contributed by atoms with Crippen LogP contribution >= 0.6 is 11.8 Å². The molecule has 1 saturated heterocycles. The molecule has 1 aliphatic heterocycles. The first kappa shape index (κ1) is 22.6. The average molecular weight is 476 g/mol. The summed E-state index contributed by atoms with van der Waals surface area (Å²) in [6.45, 7) is 5.83. The van der Waals surface area contributed by atoms with Crippen LogP contribution in [0.1, 0.15) is 12.5 Å². The summed E-state index contributed by atoms with van der Waals surface area (Å²) in [6, 6.07) is 10.4. The van der Waals surface area contributed by atoms with Crippen LogP contribution in [0, 0.1) is 6.92 Å². The van der Waals surface area contributed by atoms with E-state index in [1.165, 1.54) is 16.1 Å². The maximum absolute atomic E-state index is 12.8. The molecule has 11 heteroatoms. The Bertz CT molecular complexity index is 1170. The number of carbonyl (C=O) groups excluding carboxylic acids is 1. The molecule has 4 rings (SSSR count). The van der Waals surface area contributed by atoms with Crippen LogP contribution in [0.2, 0.25) is 0 Å². The van der Waals surface area contributed by atoms with Gasteiger partial charge in [0.1, 0.15) is 0 Å². The number of nitrogens with zero attached hydrogens (tertiary/aromatic N) is 5. The number of carbonyl (C=O) groups is 1. The highest BCUT2D eigenvalue weighted by Gasteiger charge is 2.30. The first-order valence-corrected chi connectivity index (χ1v) is 12.8. The van der Waals surface area contributed by atoms with Crippen molar-refractivity contribution in [2.75, 3.05) is 31.9 Å². The van der Waals surface area contributed by atoms with E-state index in [2.05, 4.69) is 10.2 Å². The molecule has 1 aromatic carbocycles. The lowest BCUT2D eigenvalue weighted by atomic mass is 10.2. The largest absolute Gasteiger partial charge is 0.461 e. The van der Waals surface area contributed by atoms with Gasteiger partial charge in [-0.2, -0.15) is 4.31 Å². The fourth-order valence-corrected chi connectivity index (χ4v) is 5.85. The third-order valence-electron chi connectivity index (χ3n) is 5.35. The van der Waals surface area contributed by atoms with Gasteiger partial charge in [0, 0.05) is 32.7 Å². The van der Waals surface area contributed by atoms with Gasteiger partial charge in [0.05, 0.1) is 16.9 Å². The van der Waals surface area contributed by atoms with Gasteiger partial charge in [0.25, 0.3) is 0 Å². The van der Waals surface area contributed by atoms with Crippen LogP contribution in [-0.2, 0) is 21.4 Å². The topological polar surface area (TPSA) is 102 Å². The molecule has 2 aromatic heterocycles. The van der Waals surface area contributed by atoms with Crippen LogP contribution in [0.3, 0.4) is 0 Å². The number of sulfonamides is 1. The molecular weight excluding hydrogens is 450 g/mol. The molecular formula is C21H25N5O4S2. The Kier molecular flexibility index (Phi) is 6.68. The normalized spacial score (nSPS) is 15.2. The number of hydrogen-bond acceptors (Lipinski definition) is 7. The quantitative estimate of drug-likeness (QED) is 0.484. The minimum Gasteiger partial charge on any atom is -0.461 e. The van der Waals surface area contributed by atoms with E-state index in [1.807, 2.05) is 24.5 Å². The van der Waals surface area contributed by atoms with Crippen molar-refractivity contribution < 1.29 is 17.6 Å². The Morgan fingerprint density at radius 2 is 1.81 bits per heavy atom. The minimum absolute atomic E-state index is 0.0485. The smallest absolute Gasteiger partial charge is 0.243 e. The first-order chi connectivity index (χ1) is 15.4. The highest BCUT2D eigenvalue weighted by Crippen LogP contribution is 2.25. The first-order valence-electron chi connectivity index (χ1n) is 10.3. The van der Waals surface area contributed by atoms with Crippen molar-refractivity contribution >= 4 is 27.7 Å². The SMILES string of the molecule is CCn1c(SCC(=O)N2CCN(S(=O)(=O)c3ccc(C)cc3)CC2)nnc1-c1ccco1. The Morgan fingerprint density at radius 1 is 1.09 bits per heavy atom. The molecule has 0 N–H and O–H groups in total. The second-order valence-electron chi connectivity index (χ2n) is 7.41. The second kappa shape index (κ2) is 9.47. The van der Waals surface area contributed by atoms with Crippen molar-refractivity contribution in [3.05, 3.63) is 48.2 Å². The van der Waals surface area contributed by atoms with Crippen molar-refractivity contribution in [2.45, 2.75) is 30.4 Å². The lowest BCUT2D eigenvalue weighted by molar-refractivity contribution is -0.129. The molecule has 3 heterocycles. The van der Waals surface area contributed by atoms with Gasteiger partial charge in [-0.1, -0.05) is 29.5 Å². The summed E-state index contributed by atoms with van der Waals surface area (Å²) in [7, 11) is -3.55. The van der Waals surface area contributed by atoms with Crippen LogP contribution < -0.4 is 0 Å². The van der Waals surface area contributed by atoms with Crippen molar-refractivity contribution in [3.8, 4) is 11.6 Å². The molecule has 0 unspecified atom stereocenters. The number of rotatable bonds is 7. The van der Waals surface area contributed by atoms with Crippen LogP contribution in [-0.4, -0.2) is 70.2 Å². The van der Waals surface area contributed by atoms with E-state index in [9.17, 15) is 13.2 Å². The zero-order chi connectivity index (χ0) is 22.7. The summed E-state index contributed by atoms with van der Waals surface area (Å²) in [5, 5.41) is 9.04. The Labute approximate surface area is 191 Å². The van der Waals surface area contributed by atoms with Gasteiger partial charge in [0.2, 0.25) is 15.9 Å². The number of thioether (sulfide) groups is 1. The maximum Gasteiger partial charge on any atom is 0.243 e. The molecule has 0 bridgehead atoms. The van der Waals surface area contributed by atoms with Crippen LogP contribution in [0.4, 0.5) is 0 Å². The Balaban J connectivity index is 1.34. The summed E-state index contributed by atoms with van der Waals surface area (Å²) in [5.41, 5.74) is 1.01. The van der Waals surface area contributed by atoms with Crippen molar-refractivity contribution in [1.29, 1.82) is 0 Å². The maximum atomic E-state index is 12.8. The number of hydrogen-bond donors (Lipinski definition) is 0. The molecule has 0 spiro atoms. The van der Waals surface area contributed by atoms with Gasteiger partial charge in [-0.15, -0.1) is 10.2 Å². The zero-order valence-electron chi connectivity index (χ0n) is 18.0. The number of amides is 1. The molecule has 1 fully saturated rings. The van der Waals surface area contributed by atoms with Crippen molar-refractivity contribution in [3.63, 3.8) is 0 Å². The summed E-state index contributed by atoms with van der Waals surface area (Å²) >= 11 is 1.32. The number of furan rings is 1. The standard InChI is InChI=1S/C21H25N5O4S2/c1-3-26-20(18-5-4-14-30-18)22-23-21(26)31-15-19(27)24-10-12-25(13-11-24)32(28,29)17-8-6-16(2)7-9-17/h4-9,14H,3,10-13,15H2,1-2H3. The predicted octanol–water partition coefficient (Wildman–Crippen LogP) is 2.49. The van der Waals surface area contributed by atoms with Gasteiger partial charge in [-0.3, -0.25) is 9.36 Å². The minimum atomic E-state index is -3.55. The molecule has 0 aliphatic carbocycles. The van der Waals surface area contributed by atoms with Gasteiger partial charge in [-0.25, -0.2) is 8.42 Å². The van der Waals surface area contributed by atoms with E-state index in [0.29, 0.717) is 36.4 Å². The Hall–Kier alpha value is -2.63. The van der Waals surface area contributed by atoms with E-state index in [4.69, 9.17) is 4.42 Å². The second-order valence-corrected chi connectivity index (χ2v) is 10.3. The fraction of sp³-hybridized carbons (Fsp3) is 0.381. The summed E-state index contributed by atoms with van der Waals surface area (Å²) in [5.74, 6) is 1.42. The lowest BCUT2D eigenvalue weighted by Gasteiger charge is -2.34. The van der Waals surface area contributed by atoms with Gasteiger partial charge in [0.15, 0.2) is 16.7 Å². The molecule has 0 radical (unpaired) electrons. The molecule has 32 heavy (non-hydrogen) atoms. The average Bonchev–Trinajstić information content (AvgIpc) is 3.47. The highest BCUT2D eigenvalue weighted by atomic mass is 32.2. The van der Waals surface area contributed by atoms with E-state index in [-0.39, 0.29) is 29.6 Å². The number of aromatic nitrogens is 3. The number of benzene rings is 1. The van der Waals surface area contributed by atoms with E-state index in [1.54, 1.807) is 41.5 Å². The molecule has 170 valence electrons. The number of aryl methyl sites for hydroxylation is 1. The summed E-state index contributed by atoms with van der Waals surface area (Å²) in [4.78, 5) is 14.7. The molecule has 1 amide bonds. The highest BCUT2D eigenvalue weighted by molar-refractivity contribution is 7.99. The third kappa shape index (κ3) is 4.59. The molecule has 9 nitrogen and oxygen atoms in total. The molecule has 0 atom stereocenters. The van der Waals surface area contributed by atoms with E-state index >= 15 is 0 Å². The number of piperazine rings is 1. The van der Waals surface area contributed by atoms with Gasteiger partial charge in [-0.05, 0) is 38.1 Å². The monoisotopic (exact) mass is 475 g/mol. The predicted molar refractivity (Wildman–Crippen MR) is 121 cm³/mol. The van der Waals surface area contributed by atoms with E-state index in [0.717, 1.165) is 5.56 Å². The fourth-order valence-electron chi connectivity index (χ4n) is 3.52. The van der Waals surface area contributed by atoms with Crippen molar-refractivity contribution in [1.82, 2.24) is 24.0 Å².